The van der Waals surface area contributed by atoms with Gasteiger partial charge in [-0.25, -0.2) is 8.42 Å². The number of hydrogen-bond donors (Lipinski definition) is 2. The van der Waals surface area contributed by atoms with Crippen molar-refractivity contribution in [3.63, 3.8) is 0 Å². The van der Waals surface area contributed by atoms with Crippen molar-refractivity contribution in [2.45, 2.75) is 18.2 Å². The fraction of sp³-hybridized carbons (Fsp3) is 0.200. The predicted molar refractivity (Wildman–Crippen MR) is 88.4 cm³/mol. The lowest BCUT2D eigenvalue weighted by molar-refractivity contribution is 0.100. The van der Waals surface area contributed by atoms with Crippen molar-refractivity contribution in [2.75, 3.05) is 6.26 Å². The Morgan fingerprint density at radius 2 is 1.83 bits per heavy atom. The molecule has 0 saturated heterocycles. The molecule has 0 aliphatic heterocycles. The molecule has 0 unspecified atom stereocenters. The molecule has 23 heavy (non-hydrogen) atoms. The summed E-state index contributed by atoms with van der Waals surface area (Å²) >= 11 is 0. The number of sulfone groups is 1. The van der Waals surface area contributed by atoms with Crippen molar-refractivity contribution in [2.24, 2.45) is 16.5 Å². The normalized spacial score (nSPS) is 11.2. The van der Waals surface area contributed by atoms with E-state index in [2.05, 4.69) is 4.99 Å². The van der Waals surface area contributed by atoms with Gasteiger partial charge >= 0.3 is 0 Å². The molecule has 1 aromatic heterocycles. The number of hydrogen-bond acceptors (Lipinski definition) is 3. The number of rotatable bonds is 4. The monoisotopic (exact) mass is 334 g/mol. The Bertz CT molecular complexity index is 864. The van der Waals surface area contributed by atoms with Crippen LogP contribution in [0.3, 0.4) is 0 Å². The quantitative estimate of drug-likeness (QED) is 0.634. The van der Waals surface area contributed by atoms with Gasteiger partial charge in [-0.1, -0.05) is 6.92 Å². The number of nitrogens with zero attached hydrogens (tertiary/aromatic N) is 2. The van der Waals surface area contributed by atoms with Crippen LogP contribution < -0.4 is 11.5 Å². The van der Waals surface area contributed by atoms with E-state index < -0.39 is 15.7 Å². The number of aromatic nitrogens is 1. The first-order valence-electron chi connectivity index (χ1n) is 6.89. The van der Waals surface area contributed by atoms with Crippen LogP contribution in [0, 0.1) is 0 Å². The largest absolute Gasteiger partial charge is 0.370 e. The van der Waals surface area contributed by atoms with Gasteiger partial charge in [0.1, 0.15) is 0 Å². The Morgan fingerprint density at radius 1 is 1.22 bits per heavy atom. The van der Waals surface area contributed by atoms with Gasteiger partial charge in [-0.3, -0.25) is 4.79 Å². The number of carbonyl (C=O) groups excluding carboxylic acids is 1. The van der Waals surface area contributed by atoms with Crippen LogP contribution in [0.25, 0.3) is 5.69 Å². The van der Waals surface area contributed by atoms with Gasteiger partial charge in [-0.2, -0.15) is 4.99 Å². The van der Waals surface area contributed by atoms with Crippen LogP contribution in [0.5, 0.6) is 0 Å². The highest BCUT2D eigenvalue weighted by Gasteiger charge is 2.24. The number of benzene rings is 1. The molecule has 0 radical (unpaired) electrons. The van der Waals surface area contributed by atoms with Crippen LogP contribution in [-0.2, 0) is 16.3 Å². The summed E-state index contributed by atoms with van der Waals surface area (Å²) in [6.07, 6.45) is 4.93. The Morgan fingerprint density at radius 3 is 2.30 bits per heavy atom. The van der Waals surface area contributed by atoms with Gasteiger partial charge in [0.2, 0.25) is 0 Å². The topological polar surface area (TPSA) is 121 Å². The molecule has 0 aliphatic rings. The van der Waals surface area contributed by atoms with Gasteiger partial charge in [0.05, 0.1) is 10.6 Å². The second-order valence-corrected chi connectivity index (χ2v) is 6.95. The summed E-state index contributed by atoms with van der Waals surface area (Å²) < 4.78 is 26.3. The van der Waals surface area contributed by atoms with E-state index in [1.807, 2.05) is 0 Å². The predicted octanol–water partition coefficient (Wildman–Crippen LogP) is 0.857. The maximum atomic E-state index is 12.3. The van der Waals surface area contributed by atoms with Crippen molar-refractivity contribution in [1.29, 1.82) is 0 Å². The Balaban J connectivity index is 2.81. The van der Waals surface area contributed by atoms with Crippen LogP contribution in [0.2, 0.25) is 0 Å². The van der Waals surface area contributed by atoms with Crippen molar-refractivity contribution < 1.29 is 13.2 Å². The second kappa shape index (κ2) is 6.25. The summed E-state index contributed by atoms with van der Waals surface area (Å²) in [5, 5.41) is 0. The smallest absolute Gasteiger partial charge is 0.280 e. The maximum absolute atomic E-state index is 12.3. The molecule has 0 atom stereocenters. The van der Waals surface area contributed by atoms with E-state index in [1.165, 1.54) is 6.07 Å². The molecule has 7 nitrogen and oxygen atoms in total. The number of nitrogens with two attached hydrogens (primary N) is 2. The molecule has 8 heteroatoms. The van der Waals surface area contributed by atoms with Crippen LogP contribution in [0.4, 0.5) is 0 Å². The Kier molecular flexibility index (Phi) is 4.55. The molecule has 0 saturated carbocycles. The molecule has 1 aromatic carbocycles. The highest BCUT2D eigenvalue weighted by atomic mass is 32.2. The van der Waals surface area contributed by atoms with Gasteiger partial charge in [0, 0.05) is 24.2 Å². The zero-order valence-electron chi connectivity index (χ0n) is 12.9. The zero-order chi connectivity index (χ0) is 17.2. The van der Waals surface area contributed by atoms with Crippen molar-refractivity contribution >= 4 is 21.7 Å². The fourth-order valence-electron chi connectivity index (χ4n) is 2.46. The molecule has 2 aromatic rings. The van der Waals surface area contributed by atoms with Gasteiger partial charge in [0.25, 0.3) is 5.91 Å². The van der Waals surface area contributed by atoms with E-state index in [-0.39, 0.29) is 16.4 Å². The average molecular weight is 334 g/mol. The van der Waals surface area contributed by atoms with Crippen molar-refractivity contribution in [1.82, 2.24) is 4.57 Å². The minimum atomic E-state index is -3.57. The molecule has 0 bridgehead atoms. The fourth-order valence-corrected chi connectivity index (χ4v) is 3.71. The molecular weight excluding hydrogens is 316 g/mol. The van der Waals surface area contributed by atoms with E-state index in [4.69, 9.17) is 11.5 Å². The lowest BCUT2D eigenvalue weighted by atomic mass is 10.0. The second-order valence-electron chi connectivity index (χ2n) is 5.00. The molecule has 122 valence electrons. The number of guanidine groups is 1. The Hall–Kier alpha value is -2.61. The van der Waals surface area contributed by atoms with E-state index in [0.717, 1.165) is 6.26 Å². The van der Waals surface area contributed by atoms with Crippen molar-refractivity contribution in [3.05, 3.63) is 47.8 Å². The maximum Gasteiger partial charge on any atom is 0.280 e. The SMILES string of the molecule is CCc1c(C(=O)N=C(N)N)ccc(-n2cccc2)c1S(C)(=O)=O. The molecule has 1 heterocycles. The summed E-state index contributed by atoms with van der Waals surface area (Å²) in [5.41, 5.74) is 11.5. The van der Waals surface area contributed by atoms with Gasteiger partial charge in [-0.15, -0.1) is 0 Å². The molecule has 2 rings (SSSR count). The molecule has 0 aliphatic carbocycles. The highest BCUT2D eigenvalue weighted by Crippen LogP contribution is 2.28. The van der Waals surface area contributed by atoms with Gasteiger partial charge in [-0.05, 0) is 36.2 Å². The zero-order valence-corrected chi connectivity index (χ0v) is 13.7. The van der Waals surface area contributed by atoms with E-state index in [1.54, 1.807) is 42.1 Å². The molecular formula is C15H18N4O3S. The van der Waals surface area contributed by atoms with E-state index in [9.17, 15) is 13.2 Å². The summed E-state index contributed by atoms with van der Waals surface area (Å²) in [7, 11) is -3.57. The van der Waals surface area contributed by atoms with Gasteiger partial charge in [0.15, 0.2) is 15.8 Å². The average Bonchev–Trinajstić information content (AvgIpc) is 2.97. The van der Waals surface area contributed by atoms with E-state index in [0.29, 0.717) is 17.7 Å². The third-order valence-corrected chi connectivity index (χ3v) is 4.50. The summed E-state index contributed by atoms with van der Waals surface area (Å²) in [4.78, 5) is 15.8. The summed E-state index contributed by atoms with van der Waals surface area (Å²) in [6.45, 7) is 1.77. The lowest BCUT2D eigenvalue weighted by Gasteiger charge is -2.16. The van der Waals surface area contributed by atoms with Crippen LogP contribution in [0.15, 0.2) is 46.5 Å². The third kappa shape index (κ3) is 3.42. The molecule has 1 amide bonds. The summed E-state index contributed by atoms with van der Waals surface area (Å²) in [6, 6.07) is 6.69. The van der Waals surface area contributed by atoms with Gasteiger partial charge < -0.3 is 16.0 Å². The minimum Gasteiger partial charge on any atom is -0.370 e. The first-order valence-corrected chi connectivity index (χ1v) is 8.78. The molecule has 4 N–H and O–H groups in total. The van der Waals surface area contributed by atoms with Crippen LogP contribution in [-0.4, -0.2) is 31.1 Å². The number of aliphatic imine (C=N–C) groups is 1. The van der Waals surface area contributed by atoms with E-state index >= 15 is 0 Å². The first kappa shape index (κ1) is 16.8. The number of amides is 1. The lowest BCUT2D eigenvalue weighted by Crippen LogP contribution is -2.24. The minimum absolute atomic E-state index is 0.104. The third-order valence-electron chi connectivity index (χ3n) is 3.31. The molecule has 0 spiro atoms. The van der Waals surface area contributed by atoms with Crippen molar-refractivity contribution in [3.8, 4) is 5.69 Å². The Labute approximate surface area is 134 Å². The first-order chi connectivity index (χ1) is 10.8. The number of carbonyl (C=O) groups is 1. The van der Waals surface area contributed by atoms with Crippen LogP contribution >= 0.6 is 0 Å². The van der Waals surface area contributed by atoms with Crippen LogP contribution in [0.1, 0.15) is 22.8 Å². The molecule has 0 fully saturated rings. The summed E-state index contributed by atoms with van der Waals surface area (Å²) in [5.74, 6) is -1.03. The standard InChI is InChI=1S/C15H18N4O3S/c1-3-10-11(14(20)18-15(16)17)6-7-12(13(10)23(2,21)22)19-8-4-5-9-19/h4-9H,3H2,1-2H3,(H4,16,17,18,20). The highest BCUT2D eigenvalue weighted by molar-refractivity contribution is 7.90.